The fraction of sp³-hybridized carbons (Fsp3) is 0.591. The number of aliphatic hydroxyl groups is 1. The van der Waals surface area contributed by atoms with Gasteiger partial charge in [0.1, 0.15) is 0 Å². The number of halogens is 2. The minimum atomic E-state index is -0.773. The molecular formula is C22H33BrFN3O3. The predicted octanol–water partition coefficient (Wildman–Crippen LogP) is 4.43. The Morgan fingerprint density at radius 3 is 2.80 bits per heavy atom. The van der Waals surface area contributed by atoms with Crippen molar-refractivity contribution in [2.45, 2.75) is 64.8 Å². The van der Waals surface area contributed by atoms with E-state index in [0.717, 1.165) is 25.5 Å². The van der Waals surface area contributed by atoms with Crippen molar-refractivity contribution >= 4 is 27.7 Å². The lowest BCUT2D eigenvalue weighted by Crippen LogP contribution is -2.28. The van der Waals surface area contributed by atoms with E-state index in [4.69, 9.17) is 0 Å². The molecule has 8 heteroatoms. The van der Waals surface area contributed by atoms with Crippen molar-refractivity contribution < 1.29 is 14.3 Å². The summed E-state index contributed by atoms with van der Waals surface area (Å²) in [7, 11) is 0. The average Bonchev–Trinajstić information content (AvgIpc) is 2.97. The van der Waals surface area contributed by atoms with Gasteiger partial charge in [0.25, 0.3) is 5.91 Å². The second-order valence-corrected chi connectivity index (χ2v) is 8.28. The zero-order chi connectivity index (χ0) is 22.7. The Bertz CT molecular complexity index is 807. The molecule has 3 atom stereocenters. The average molecular weight is 486 g/mol. The van der Waals surface area contributed by atoms with Crippen molar-refractivity contribution in [1.82, 2.24) is 9.55 Å². The van der Waals surface area contributed by atoms with Crippen LogP contribution in [0.2, 0.25) is 0 Å². The third-order valence-electron chi connectivity index (χ3n) is 5.13. The van der Waals surface area contributed by atoms with Gasteiger partial charge in [-0.15, -0.1) is 0 Å². The third-order valence-corrected chi connectivity index (χ3v) is 5.86. The van der Waals surface area contributed by atoms with Crippen molar-refractivity contribution in [2.24, 2.45) is 11.8 Å². The Morgan fingerprint density at radius 2 is 2.17 bits per heavy atom. The molecule has 30 heavy (non-hydrogen) atoms. The van der Waals surface area contributed by atoms with Gasteiger partial charge in [0.05, 0.1) is 0 Å². The first-order valence-corrected chi connectivity index (χ1v) is 11.5. The van der Waals surface area contributed by atoms with Crippen molar-refractivity contribution in [2.75, 3.05) is 11.9 Å². The van der Waals surface area contributed by atoms with E-state index in [2.05, 4.69) is 26.2 Å². The molecule has 1 heterocycles. The summed E-state index contributed by atoms with van der Waals surface area (Å²) in [6.07, 6.45) is 9.52. The molecule has 0 bridgehead atoms. The van der Waals surface area contributed by atoms with E-state index >= 15 is 0 Å². The smallest absolute Gasteiger partial charge is 0.349 e. The van der Waals surface area contributed by atoms with Crippen molar-refractivity contribution in [3.05, 3.63) is 46.3 Å². The Labute approximate surface area is 186 Å². The second-order valence-electron chi connectivity index (χ2n) is 7.10. The topological polar surface area (TPSA) is 84.2 Å². The molecule has 0 radical (unpaired) electrons. The summed E-state index contributed by atoms with van der Waals surface area (Å²) in [4.78, 5) is 28.4. The number of carbonyl (C=O) groups is 1. The zero-order valence-electron chi connectivity index (χ0n) is 18.2. The fourth-order valence-corrected chi connectivity index (χ4v) is 3.59. The molecule has 1 amide bonds. The minimum Gasteiger partial charge on any atom is -0.396 e. The molecular weight excluding hydrogens is 453 g/mol. The van der Waals surface area contributed by atoms with Crippen LogP contribution in [0.1, 0.15) is 53.4 Å². The Hall–Kier alpha value is -1.80. The number of amides is 1. The van der Waals surface area contributed by atoms with Crippen LogP contribution >= 0.6 is 15.9 Å². The molecule has 1 aliphatic rings. The van der Waals surface area contributed by atoms with Crippen LogP contribution in [0.25, 0.3) is 0 Å². The van der Waals surface area contributed by atoms with Crippen LogP contribution in [-0.4, -0.2) is 32.0 Å². The fourth-order valence-electron chi connectivity index (χ4n) is 3.04. The molecule has 0 spiro atoms. The Morgan fingerprint density at radius 1 is 1.47 bits per heavy atom. The van der Waals surface area contributed by atoms with E-state index in [1.807, 2.05) is 33.8 Å². The molecule has 3 unspecified atom stereocenters. The number of hydrogen-bond donors (Lipinski definition) is 2. The molecule has 0 saturated heterocycles. The van der Waals surface area contributed by atoms with Crippen LogP contribution in [0.5, 0.6) is 0 Å². The first-order chi connectivity index (χ1) is 14.3. The highest BCUT2D eigenvalue weighted by molar-refractivity contribution is 9.09. The van der Waals surface area contributed by atoms with Crippen LogP contribution in [0.15, 0.2) is 34.8 Å². The number of nitrogens with zero attached hydrogens (tertiary/aromatic N) is 2. The first-order valence-electron chi connectivity index (χ1n) is 10.6. The van der Waals surface area contributed by atoms with Crippen molar-refractivity contribution in [1.29, 1.82) is 0 Å². The summed E-state index contributed by atoms with van der Waals surface area (Å²) in [5.41, 5.74) is -0.245. The lowest BCUT2D eigenvalue weighted by molar-refractivity contribution is -0.112. The third kappa shape index (κ3) is 7.80. The number of anilines is 1. The number of nitrogens with one attached hydrogen (secondary N) is 1. The van der Waals surface area contributed by atoms with Gasteiger partial charge in [0, 0.05) is 29.7 Å². The summed E-state index contributed by atoms with van der Waals surface area (Å²) in [5, 5.41) is 11.9. The predicted molar refractivity (Wildman–Crippen MR) is 122 cm³/mol. The van der Waals surface area contributed by atoms with E-state index in [0.29, 0.717) is 17.9 Å². The number of allylic oxidation sites excluding steroid dienone is 2. The molecule has 2 rings (SSSR count). The molecule has 6 nitrogen and oxygen atoms in total. The summed E-state index contributed by atoms with van der Waals surface area (Å²) in [6.45, 7) is 8.35. The van der Waals surface area contributed by atoms with Gasteiger partial charge in [0.15, 0.2) is 11.6 Å². The Balaban J connectivity index is 0.00000218. The normalized spacial score (nSPS) is 17.8. The summed E-state index contributed by atoms with van der Waals surface area (Å²) in [5.74, 6) is -1.33. The lowest BCUT2D eigenvalue weighted by Gasteiger charge is -2.20. The van der Waals surface area contributed by atoms with Crippen LogP contribution in [0, 0.1) is 17.7 Å². The molecule has 0 aromatic carbocycles. The maximum Gasteiger partial charge on any atom is 0.349 e. The molecule has 1 aromatic rings. The van der Waals surface area contributed by atoms with Crippen LogP contribution < -0.4 is 11.0 Å². The van der Waals surface area contributed by atoms with Crippen molar-refractivity contribution in [3.63, 3.8) is 0 Å². The molecule has 0 saturated carbocycles. The number of aliphatic hydroxyl groups excluding tert-OH is 1. The van der Waals surface area contributed by atoms with Gasteiger partial charge in [0.2, 0.25) is 0 Å². The summed E-state index contributed by atoms with van der Waals surface area (Å²) < 4.78 is 15.6. The van der Waals surface area contributed by atoms with Gasteiger partial charge < -0.3 is 10.4 Å². The van der Waals surface area contributed by atoms with E-state index < -0.39 is 17.4 Å². The molecule has 0 fully saturated rings. The number of rotatable bonds is 8. The van der Waals surface area contributed by atoms with Gasteiger partial charge in [-0.2, -0.15) is 4.98 Å². The molecule has 2 N–H and O–H groups in total. The second kappa shape index (κ2) is 13.5. The highest BCUT2D eigenvalue weighted by Gasteiger charge is 2.18. The molecule has 1 aliphatic carbocycles. The zero-order valence-corrected chi connectivity index (χ0v) is 19.8. The van der Waals surface area contributed by atoms with Gasteiger partial charge in [-0.05, 0) is 31.1 Å². The number of alkyl halides is 1. The van der Waals surface area contributed by atoms with E-state index in [9.17, 15) is 19.1 Å². The monoisotopic (exact) mass is 485 g/mol. The number of aromatic nitrogens is 2. The van der Waals surface area contributed by atoms with Crippen LogP contribution in [-0.2, 0) is 11.3 Å². The van der Waals surface area contributed by atoms with E-state index in [1.165, 1.54) is 4.57 Å². The molecule has 0 aliphatic heterocycles. The largest absolute Gasteiger partial charge is 0.396 e. The highest BCUT2D eigenvalue weighted by atomic mass is 79.9. The maximum atomic E-state index is 14.4. The number of aryl methyl sites for hydroxylation is 1. The highest BCUT2D eigenvalue weighted by Crippen LogP contribution is 2.20. The quantitative estimate of drug-likeness (QED) is 0.533. The van der Waals surface area contributed by atoms with Crippen molar-refractivity contribution in [3.8, 4) is 0 Å². The summed E-state index contributed by atoms with van der Waals surface area (Å²) >= 11 is 3.46. The summed E-state index contributed by atoms with van der Waals surface area (Å²) in [6, 6.07) is 0. The van der Waals surface area contributed by atoms with Crippen LogP contribution in [0.4, 0.5) is 10.2 Å². The lowest BCUT2D eigenvalue weighted by atomic mass is 9.90. The van der Waals surface area contributed by atoms with Gasteiger partial charge in [-0.3, -0.25) is 9.36 Å². The SMILES string of the molecule is CC.CCC(C)C(CO)CCn1cc(F)c(NC(=O)C2=CC(Br)CCC=C2)nc1=O. The number of carbonyl (C=O) groups excluding carboxylic acids is 1. The first kappa shape index (κ1) is 26.2. The number of hydrogen-bond acceptors (Lipinski definition) is 4. The van der Waals surface area contributed by atoms with Gasteiger partial charge >= 0.3 is 5.69 Å². The molecule has 168 valence electrons. The standard InChI is InChI=1S/C20H27BrFN3O3.C2H6/c1-3-13(2)15(12-26)8-9-25-11-17(22)18(24-20(25)28)23-19(27)14-6-4-5-7-16(21)10-14;1-2/h4,6,10-11,13,15-16,26H,3,5,7-9,12H2,1-2H3,(H,23,24,27,28);1-2H3. The molecule has 1 aromatic heterocycles. The minimum absolute atomic E-state index is 0.0189. The van der Waals surface area contributed by atoms with E-state index in [-0.39, 0.29) is 29.7 Å². The van der Waals surface area contributed by atoms with Crippen LogP contribution in [0.3, 0.4) is 0 Å². The van der Waals surface area contributed by atoms with Gasteiger partial charge in [-0.1, -0.05) is 68.3 Å². The maximum absolute atomic E-state index is 14.4. The van der Waals surface area contributed by atoms with E-state index in [1.54, 1.807) is 12.2 Å². The Kier molecular flexibility index (Phi) is 11.8. The van der Waals surface area contributed by atoms with Gasteiger partial charge in [-0.25, -0.2) is 9.18 Å².